The van der Waals surface area contributed by atoms with Crippen LogP contribution in [0.3, 0.4) is 0 Å². The van der Waals surface area contributed by atoms with Crippen LogP contribution in [0.1, 0.15) is 18.4 Å². The number of carbonyl (C=O) groups excluding carboxylic acids is 1. The molecule has 2 rings (SSSR count). The van der Waals surface area contributed by atoms with Crippen LogP contribution in [0.2, 0.25) is 10.0 Å². The van der Waals surface area contributed by atoms with E-state index in [0.29, 0.717) is 48.1 Å². The number of nitrogens with zero attached hydrogens (tertiary/aromatic N) is 2. The molecule has 0 atom stereocenters. The molecule has 0 aliphatic carbocycles. The third-order valence-corrected chi connectivity index (χ3v) is 6.98. The SMILES string of the molecule is CN(C)CCNC(=O)C1CCN(S(=O)(=O)Cc2c(Cl)cccc2Cl)CC1. The lowest BCUT2D eigenvalue weighted by Crippen LogP contribution is -2.44. The first kappa shape index (κ1) is 21.4. The first-order valence-electron chi connectivity index (χ1n) is 8.54. The number of carbonyl (C=O) groups is 1. The summed E-state index contributed by atoms with van der Waals surface area (Å²) in [4.78, 5) is 14.2. The zero-order valence-corrected chi connectivity index (χ0v) is 17.4. The van der Waals surface area contributed by atoms with Crippen LogP contribution >= 0.6 is 23.2 Å². The Morgan fingerprint density at radius 1 is 1.23 bits per heavy atom. The van der Waals surface area contributed by atoms with E-state index >= 15 is 0 Å². The average molecular weight is 422 g/mol. The van der Waals surface area contributed by atoms with E-state index in [4.69, 9.17) is 23.2 Å². The zero-order chi connectivity index (χ0) is 19.3. The van der Waals surface area contributed by atoms with Crippen LogP contribution in [-0.2, 0) is 20.6 Å². The second kappa shape index (κ2) is 9.37. The average Bonchev–Trinajstić information content (AvgIpc) is 2.58. The molecule has 0 saturated carbocycles. The van der Waals surface area contributed by atoms with Crippen LogP contribution < -0.4 is 5.32 Å². The van der Waals surface area contributed by atoms with E-state index in [1.165, 1.54) is 4.31 Å². The Kier molecular flexibility index (Phi) is 7.73. The summed E-state index contributed by atoms with van der Waals surface area (Å²) in [5.74, 6) is -0.379. The van der Waals surface area contributed by atoms with Gasteiger partial charge in [0.1, 0.15) is 0 Å². The van der Waals surface area contributed by atoms with Gasteiger partial charge in [0, 0.05) is 47.7 Å². The lowest BCUT2D eigenvalue weighted by Gasteiger charge is -2.30. The smallest absolute Gasteiger partial charge is 0.223 e. The second-order valence-corrected chi connectivity index (χ2v) is 9.51. The highest BCUT2D eigenvalue weighted by molar-refractivity contribution is 7.88. The van der Waals surface area contributed by atoms with E-state index < -0.39 is 10.0 Å². The quantitative estimate of drug-likeness (QED) is 0.732. The maximum atomic E-state index is 12.7. The number of amides is 1. The molecule has 26 heavy (non-hydrogen) atoms. The van der Waals surface area contributed by atoms with Crippen molar-refractivity contribution in [3.05, 3.63) is 33.8 Å². The monoisotopic (exact) mass is 421 g/mol. The van der Waals surface area contributed by atoms with Crippen LogP contribution in [0.25, 0.3) is 0 Å². The Hall–Kier alpha value is -0.860. The number of halogens is 2. The van der Waals surface area contributed by atoms with Crippen molar-refractivity contribution in [1.29, 1.82) is 0 Å². The molecule has 0 aromatic heterocycles. The third-order valence-electron chi connectivity index (χ3n) is 4.46. The van der Waals surface area contributed by atoms with Gasteiger partial charge < -0.3 is 10.2 Å². The third kappa shape index (κ3) is 5.82. The van der Waals surface area contributed by atoms with E-state index in [1.807, 2.05) is 19.0 Å². The van der Waals surface area contributed by atoms with Crippen molar-refractivity contribution >= 4 is 39.1 Å². The molecule has 6 nitrogen and oxygen atoms in total. The molecule has 1 aromatic carbocycles. The molecule has 0 radical (unpaired) electrons. The Labute approximate surface area is 165 Å². The number of sulfonamides is 1. The van der Waals surface area contributed by atoms with Gasteiger partial charge in [0.15, 0.2) is 0 Å². The first-order chi connectivity index (χ1) is 12.2. The molecule has 1 saturated heterocycles. The number of piperidine rings is 1. The summed E-state index contributed by atoms with van der Waals surface area (Å²) in [7, 11) is 0.358. The molecular formula is C17H25Cl2N3O3S. The van der Waals surface area contributed by atoms with Gasteiger partial charge in [-0.3, -0.25) is 4.79 Å². The van der Waals surface area contributed by atoms with Gasteiger partial charge in [-0.25, -0.2) is 12.7 Å². The summed E-state index contributed by atoms with van der Waals surface area (Å²) >= 11 is 12.2. The van der Waals surface area contributed by atoms with E-state index in [1.54, 1.807) is 18.2 Å². The van der Waals surface area contributed by atoms with Gasteiger partial charge in [0.05, 0.1) is 5.75 Å². The second-order valence-electron chi connectivity index (χ2n) is 6.72. The number of nitrogens with one attached hydrogen (secondary N) is 1. The molecule has 0 bridgehead atoms. The fourth-order valence-corrected chi connectivity index (χ4v) is 5.20. The molecule has 1 heterocycles. The van der Waals surface area contributed by atoms with Gasteiger partial charge >= 0.3 is 0 Å². The van der Waals surface area contributed by atoms with Gasteiger partial charge in [0.2, 0.25) is 15.9 Å². The number of hydrogen-bond acceptors (Lipinski definition) is 4. The number of hydrogen-bond donors (Lipinski definition) is 1. The molecule has 9 heteroatoms. The predicted octanol–water partition coefficient (Wildman–Crippen LogP) is 2.21. The molecule has 1 aliphatic rings. The number of rotatable bonds is 7. The van der Waals surface area contributed by atoms with E-state index in [-0.39, 0.29) is 17.6 Å². The van der Waals surface area contributed by atoms with Crippen molar-refractivity contribution in [2.24, 2.45) is 5.92 Å². The topological polar surface area (TPSA) is 69.7 Å². The van der Waals surface area contributed by atoms with Crippen molar-refractivity contribution < 1.29 is 13.2 Å². The largest absolute Gasteiger partial charge is 0.355 e. The van der Waals surface area contributed by atoms with Crippen molar-refractivity contribution in [3.8, 4) is 0 Å². The molecule has 1 aromatic rings. The maximum absolute atomic E-state index is 12.7. The summed E-state index contributed by atoms with van der Waals surface area (Å²) < 4.78 is 26.8. The molecule has 0 unspecified atom stereocenters. The Bertz CT molecular complexity index is 713. The zero-order valence-electron chi connectivity index (χ0n) is 15.0. The van der Waals surface area contributed by atoms with E-state index in [0.717, 1.165) is 6.54 Å². The minimum atomic E-state index is -3.53. The minimum absolute atomic E-state index is 0.00181. The summed E-state index contributed by atoms with van der Waals surface area (Å²) in [6.45, 7) is 2.03. The van der Waals surface area contributed by atoms with Crippen molar-refractivity contribution in [1.82, 2.24) is 14.5 Å². The van der Waals surface area contributed by atoms with Gasteiger partial charge in [-0.2, -0.15) is 0 Å². The molecule has 1 fully saturated rings. The standard InChI is InChI=1S/C17H25Cl2N3O3S/c1-21(2)11-8-20-17(23)13-6-9-22(10-7-13)26(24,25)12-14-15(18)4-3-5-16(14)19/h3-5,13H,6-12H2,1-2H3,(H,20,23). The fraction of sp³-hybridized carbons (Fsp3) is 0.588. The maximum Gasteiger partial charge on any atom is 0.223 e. The Balaban J connectivity index is 1.91. The molecule has 0 spiro atoms. The Morgan fingerprint density at radius 2 is 1.81 bits per heavy atom. The fourth-order valence-electron chi connectivity index (χ4n) is 2.89. The number of likely N-dealkylation sites (N-methyl/N-ethyl adjacent to an activating group) is 1. The lowest BCUT2D eigenvalue weighted by molar-refractivity contribution is -0.126. The lowest BCUT2D eigenvalue weighted by atomic mass is 9.97. The minimum Gasteiger partial charge on any atom is -0.355 e. The summed E-state index contributed by atoms with van der Waals surface area (Å²) in [5.41, 5.74) is 0.416. The van der Waals surface area contributed by atoms with Crippen molar-refractivity contribution in [2.75, 3.05) is 40.3 Å². The van der Waals surface area contributed by atoms with Gasteiger partial charge in [-0.1, -0.05) is 29.3 Å². The highest BCUT2D eigenvalue weighted by atomic mass is 35.5. The molecule has 1 amide bonds. The Morgan fingerprint density at radius 3 is 2.35 bits per heavy atom. The van der Waals surface area contributed by atoms with Crippen LogP contribution in [0.4, 0.5) is 0 Å². The first-order valence-corrected chi connectivity index (χ1v) is 10.9. The van der Waals surface area contributed by atoms with Crippen LogP contribution in [-0.4, -0.2) is 63.8 Å². The highest BCUT2D eigenvalue weighted by Crippen LogP contribution is 2.28. The van der Waals surface area contributed by atoms with Crippen molar-refractivity contribution in [3.63, 3.8) is 0 Å². The van der Waals surface area contributed by atoms with Gasteiger partial charge in [-0.15, -0.1) is 0 Å². The molecule has 1 aliphatic heterocycles. The highest BCUT2D eigenvalue weighted by Gasteiger charge is 2.31. The molecule has 146 valence electrons. The number of benzene rings is 1. The van der Waals surface area contributed by atoms with Crippen LogP contribution in [0.5, 0.6) is 0 Å². The van der Waals surface area contributed by atoms with Crippen LogP contribution in [0.15, 0.2) is 18.2 Å². The molecule has 1 N–H and O–H groups in total. The summed E-state index contributed by atoms with van der Waals surface area (Å²) in [6, 6.07) is 4.94. The summed E-state index contributed by atoms with van der Waals surface area (Å²) in [5, 5.41) is 3.60. The van der Waals surface area contributed by atoms with Gasteiger partial charge in [0.25, 0.3) is 0 Å². The van der Waals surface area contributed by atoms with E-state index in [9.17, 15) is 13.2 Å². The predicted molar refractivity (Wildman–Crippen MR) is 105 cm³/mol. The van der Waals surface area contributed by atoms with Crippen LogP contribution in [0, 0.1) is 5.92 Å². The van der Waals surface area contributed by atoms with E-state index in [2.05, 4.69) is 5.32 Å². The van der Waals surface area contributed by atoms with Crippen molar-refractivity contribution in [2.45, 2.75) is 18.6 Å². The normalized spacial score (nSPS) is 16.8. The van der Waals surface area contributed by atoms with Gasteiger partial charge in [-0.05, 0) is 39.1 Å². The summed E-state index contributed by atoms with van der Waals surface area (Å²) in [6.07, 6.45) is 1.03. The molecular weight excluding hydrogens is 397 g/mol.